The Hall–Kier alpha value is -3.15. The molecule has 1 fully saturated rings. The Labute approximate surface area is 151 Å². The molecule has 0 radical (unpaired) electrons. The average molecular weight is 348 g/mol. The summed E-state index contributed by atoms with van der Waals surface area (Å²) in [7, 11) is 0. The first kappa shape index (κ1) is 16.3. The third-order valence-electron chi connectivity index (χ3n) is 4.58. The van der Waals surface area contributed by atoms with Crippen LogP contribution in [0.15, 0.2) is 48.7 Å². The fourth-order valence-corrected chi connectivity index (χ4v) is 2.91. The van der Waals surface area contributed by atoms with Gasteiger partial charge in [-0.1, -0.05) is 30.3 Å². The topological polar surface area (TPSA) is 75.5 Å². The van der Waals surface area contributed by atoms with Gasteiger partial charge in [0.1, 0.15) is 0 Å². The number of imidazole rings is 1. The highest BCUT2D eigenvalue weighted by Crippen LogP contribution is 2.20. The van der Waals surface area contributed by atoms with Gasteiger partial charge in [-0.2, -0.15) is 0 Å². The van der Waals surface area contributed by atoms with Gasteiger partial charge >= 0.3 is 0 Å². The predicted octanol–water partition coefficient (Wildman–Crippen LogP) is 2.46. The van der Waals surface area contributed by atoms with E-state index in [2.05, 4.69) is 15.6 Å². The maximum absolute atomic E-state index is 12.7. The van der Waals surface area contributed by atoms with Crippen LogP contribution < -0.4 is 10.6 Å². The average Bonchev–Trinajstić information content (AvgIpc) is 3.37. The summed E-state index contributed by atoms with van der Waals surface area (Å²) in [4.78, 5) is 29.5. The van der Waals surface area contributed by atoms with Crippen LogP contribution in [0.2, 0.25) is 0 Å². The van der Waals surface area contributed by atoms with E-state index in [9.17, 15) is 9.59 Å². The van der Waals surface area contributed by atoms with E-state index < -0.39 is 0 Å². The standard InChI is InChI=1S/C20H20N4O2/c1-13-6-2-3-7-14(13)12-21-19(25)17-16-8-4-5-11-24(16)18(23-17)20(26)22-15-9-10-15/h2-8,11,15H,9-10,12H2,1H3,(H,21,25)(H,22,26). The van der Waals surface area contributed by atoms with Crippen molar-refractivity contribution >= 4 is 17.3 Å². The number of fused-ring (bicyclic) bond motifs is 1. The normalized spacial score (nSPS) is 13.6. The number of carbonyl (C=O) groups is 2. The highest BCUT2D eigenvalue weighted by atomic mass is 16.2. The fraction of sp³-hybridized carbons (Fsp3) is 0.250. The Morgan fingerprint density at radius 3 is 2.65 bits per heavy atom. The van der Waals surface area contributed by atoms with E-state index in [1.54, 1.807) is 16.7 Å². The van der Waals surface area contributed by atoms with Gasteiger partial charge in [0.05, 0.1) is 5.52 Å². The lowest BCUT2D eigenvalue weighted by Gasteiger charge is -2.06. The van der Waals surface area contributed by atoms with Crippen LogP contribution in [0.3, 0.4) is 0 Å². The van der Waals surface area contributed by atoms with E-state index in [0.29, 0.717) is 12.1 Å². The van der Waals surface area contributed by atoms with Crippen LogP contribution in [-0.4, -0.2) is 27.2 Å². The van der Waals surface area contributed by atoms with Gasteiger partial charge < -0.3 is 10.6 Å². The molecule has 26 heavy (non-hydrogen) atoms. The summed E-state index contributed by atoms with van der Waals surface area (Å²) < 4.78 is 1.67. The van der Waals surface area contributed by atoms with Crippen molar-refractivity contribution in [2.75, 3.05) is 0 Å². The lowest BCUT2D eigenvalue weighted by atomic mass is 10.1. The summed E-state index contributed by atoms with van der Waals surface area (Å²) in [5, 5.41) is 5.83. The van der Waals surface area contributed by atoms with Crippen LogP contribution in [0.1, 0.15) is 45.1 Å². The molecule has 0 atom stereocenters. The number of hydrogen-bond acceptors (Lipinski definition) is 3. The zero-order valence-electron chi connectivity index (χ0n) is 14.5. The van der Waals surface area contributed by atoms with Crippen molar-refractivity contribution in [3.05, 3.63) is 71.3 Å². The number of pyridine rings is 1. The molecular weight excluding hydrogens is 328 g/mol. The number of nitrogens with zero attached hydrogens (tertiary/aromatic N) is 2. The Bertz CT molecular complexity index is 988. The molecule has 0 spiro atoms. The fourth-order valence-electron chi connectivity index (χ4n) is 2.91. The van der Waals surface area contributed by atoms with Gasteiger partial charge in [-0.3, -0.25) is 14.0 Å². The molecule has 2 amide bonds. The predicted molar refractivity (Wildman–Crippen MR) is 98.0 cm³/mol. The molecule has 1 aromatic carbocycles. The quantitative estimate of drug-likeness (QED) is 0.744. The molecule has 2 heterocycles. The van der Waals surface area contributed by atoms with Crippen LogP contribution in [-0.2, 0) is 6.54 Å². The van der Waals surface area contributed by atoms with E-state index >= 15 is 0 Å². The molecule has 1 aliphatic rings. The monoisotopic (exact) mass is 348 g/mol. The maximum Gasteiger partial charge on any atom is 0.287 e. The molecule has 0 aliphatic heterocycles. The first-order valence-electron chi connectivity index (χ1n) is 8.74. The molecular formula is C20H20N4O2. The van der Waals surface area contributed by atoms with Crippen LogP contribution in [0, 0.1) is 6.92 Å². The van der Waals surface area contributed by atoms with Crippen LogP contribution in [0.4, 0.5) is 0 Å². The zero-order valence-corrected chi connectivity index (χ0v) is 14.5. The summed E-state index contributed by atoms with van der Waals surface area (Å²) >= 11 is 0. The largest absolute Gasteiger partial charge is 0.347 e. The smallest absolute Gasteiger partial charge is 0.287 e. The summed E-state index contributed by atoms with van der Waals surface area (Å²) in [5.41, 5.74) is 3.05. The summed E-state index contributed by atoms with van der Waals surface area (Å²) in [6, 6.07) is 13.6. The number of carbonyl (C=O) groups excluding carboxylic acids is 2. The van der Waals surface area contributed by atoms with Crippen LogP contribution in [0.5, 0.6) is 0 Å². The van der Waals surface area contributed by atoms with Crippen molar-refractivity contribution in [2.45, 2.75) is 32.4 Å². The van der Waals surface area contributed by atoms with E-state index in [0.717, 1.165) is 24.0 Å². The second-order valence-corrected chi connectivity index (χ2v) is 6.60. The van der Waals surface area contributed by atoms with Gasteiger partial charge in [0.25, 0.3) is 11.8 Å². The minimum Gasteiger partial charge on any atom is -0.347 e. The minimum atomic E-state index is -0.289. The van der Waals surface area contributed by atoms with Crippen molar-refractivity contribution in [3.8, 4) is 0 Å². The van der Waals surface area contributed by atoms with E-state index in [1.807, 2.05) is 43.3 Å². The summed E-state index contributed by atoms with van der Waals surface area (Å²) in [6.45, 7) is 2.43. The lowest BCUT2D eigenvalue weighted by Crippen LogP contribution is -2.27. The first-order valence-corrected chi connectivity index (χ1v) is 8.74. The van der Waals surface area contributed by atoms with E-state index in [4.69, 9.17) is 0 Å². The van der Waals surface area contributed by atoms with Gasteiger partial charge in [-0.15, -0.1) is 0 Å². The number of nitrogens with one attached hydrogen (secondary N) is 2. The van der Waals surface area contributed by atoms with Crippen molar-refractivity contribution in [3.63, 3.8) is 0 Å². The Balaban J connectivity index is 1.60. The van der Waals surface area contributed by atoms with Gasteiger partial charge in [0, 0.05) is 18.8 Å². The molecule has 2 aromatic heterocycles. The second-order valence-electron chi connectivity index (χ2n) is 6.60. The summed E-state index contributed by atoms with van der Waals surface area (Å²) in [5.74, 6) is -0.289. The third kappa shape index (κ3) is 3.18. The van der Waals surface area contributed by atoms with Crippen LogP contribution >= 0.6 is 0 Å². The number of aromatic nitrogens is 2. The Morgan fingerprint density at radius 2 is 1.88 bits per heavy atom. The van der Waals surface area contributed by atoms with Crippen molar-refractivity contribution < 1.29 is 9.59 Å². The number of benzene rings is 1. The van der Waals surface area contributed by atoms with Crippen molar-refractivity contribution in [1.29, 1.82) is 0 Å². The molecule has 3 aromatic rings. The van der Waals surface area contributed by atoms with E-state index in [-0.39, 0.29) is 29.4 Å². The molecule has 0 bridgehead atoms. The second kappa shape index (κ2) is 6.63. The number of amides is 2. The van der Waals surface area contributed by atoms with Gasteiger partial charge in [0.15, 0.2) is 5.69 Å². The molecule has 1 saturated carbocycles. The molecule has 6 heteroatoms. The lowest BCUT2D eigenvalue weighted by molar-refractivity contribution is 0.0940. The number of rotatable bonds is 5. The van der Waals surface area contributed by atoms with Crippen molar-refractivity contribution in [1.82, 2.24) is 20.0 Å². The third-order valence-corrected chi connectivity index (χ3v) is 4.58. The number of hydrogen-bond donors (Lipinski definition) is 2. The first-order chi connectivity index (χ1) is 12.6. The molecule has 6 nitrogen and oxygen atoms in total. The van der Waals surface area contributed by atoms with Crippen LogP contribution in [0.25, 0.3) is 5.52 Å². The zero-order chi connectivity index (χ0) is 18.1. The van der Waals surface area contributed by atoms with Gasteiger partial charge in [0.2, 0.25) is 5.82 Å². The van der Waals surface area contributed by atoms with Gasteiger partial charge in [-0.05, 0) is 43.0 Å². The SMILES string of the molecule is Cc1ccccc1CNC(=O)c1nc(C(=O)NC2CC2)n2ccccc12. The molecule has 2 N–H and O–H groups in total. The van der Waals surface area contributed by atoms with Gasteiger partial charge in [-0.25, -0.2) is 4.98 Å². The molecule has 4 rings (SSSR count). The number of aryl methyl sites for hydroxylation is 1. The molecule has 0 unspecified atom stereocenters. The Morgan fingerprint density at radius 1 is 1.12 bits per heavy atom. The highest BCUT2D eigenvalue weighted by molar-refractivity contribution is 6.02. The molecule has 1 aliphatic carbocycles. The van der Waals surface area contributed by atoms with E-state index in [1.165, 1.54) is 0 Å². The molecule has 0 saturated heterocycles. The summed E-state index contributed by atoms with van der Waals surface area (Å²) in [6.07, 6.45) is 3.75. The maximum atomic E-state index is 12.7. The van der Waals surface area contributed by atoms with Crippen molar-refractivity contribution in [2.24, 2.45) is 0 Å². The molecule has 132 valence electrons. The minimum absolute atomic E-state index is 0.233. The Kier molecular flexibility index (Phi) is 4.16. The highest BCUT2D eigenvalue weighted by Gasteiger charge is 2.27.